The fourth-order valence-corrected chi connectivity index (χ4v) is 6.09. The summed E-state index contributed by atoms with van der Waals surface area (Å²) >= 11 is 0. The number of aromatic nitrogens is 4. The predicted octanol–water partition coefficient (Wildman–Crippen LogP) is 10.3. The Morgan fingerprint density at radius 3 is 2.32 bits per heavy atom. The number of hydrogen-bond donors (Lipinski definition) is 0. The molecule has 0 bridgehead atoms. The zero-order chi connectivity index (χ0) is 32.2. The third-order valence-corrected chi connectivity index (χ3v) is 8.30. The Hall–Kier alpha value is -4.61. The number of rotatable bonds is 6. The summed E-state index contributed by atoms with van der Waals surface area (Å²) in [5.74, 6) is 1.88. The molecule has 0 saturated carbocycles. The number of ether oxygens (including phenoxy) is 1. The topological polar surface area (TPSA) is 44.9 Å². The van der Waals surface area contributed by atoms with Crippen LogP contribution in [0.2, 0.25) is 0 Å². The average molecular weight is 806 g/mol. The molecule has 5 nitrogen and oxygen atoms in total. The molecule has 47 heavy (non-hydrogen) atoms. The molecular formula is C39H32F2N4OPt. The van der Waals surface area contributed by atoms with Gasteiger partial charge in [-0.25, -0.2) is 13.8 Å². The van der Waals surface area contributed by atoms with Gasteiger partial charge in [0.1, 0.15) is 5.82 Å². The van der Waals surface area contributed by atoms with Crippen LogP contribution >= 0.6 is 0 Å². The normalized spacial score (nSPS) is 11.7. The Morgan fingerprint density at radius 1 is 0.830 bits per heavy atom. The van der Waals surface area contributed by atoms with Crippen molar-refractivity contribution in [3.05, 3.63) is 132 Å². The molecule has 0 atom stereocenters. The number of pyridine rings is 1. The second-order valence-electron chi connectivity index (χ2n) is 12.6. The van der Waals surface area contributed by atoms with Crippen molar-refractivity contribution in [1.82, 2.24) is 19.3 Å². The van der Waals surface area contributed by atoms with Gasteiger partial charge < -0.3 is 9.30 Å². The van der Waals surface area contributed by atoms with E-state index in [1.54, 1.807) is 10.9 Å². The van der Waals surface area contributed by atoms with Crippen LogP contribution in [0.4, 0.5) is 8.78 Å². The second-order valence-corrected chi connectivity index (χ2v) is 12.6. The maximum atomic E-state index is 13.3. The van der Waals surface area contributed by atoms with Gasteiger partial charge in [0.25, 0.3) is 6.43 Å². The SMILES string of the molecule is Cc1cc(C(F)F)cc(C)c1-c1cnn(-c2[c-]c(Oc3[c-]c4c(cc3)c3ccccc3n4-c3cc(C(C)(C)C)ccn3)ccc2)c1.[Pt+2]. The van der Waals surface area contributed by atoms with E-state index in [1.165, 1.54) is 17.7 Å². The fourth-order valence-electron chi connectivity index (χ4n) is 6.09. The number of halogens is 2. The van der Waals surface area contributed by atoms with E-state index in [4.69, 9.17) is 9.72 Å². The van der Waals surface area contributed by atoms with E-state index < -0.39 is 6.43 Å². The molecule has 0 unspecified atom stereocenters. The number of nitrogens with zero attached hydrogens (tertiary/aromatic N) is 4. The summed E-state index contributed by atoms with van der Waals surface area (Å²) in [4.78, 5) is 4.75. The van der Waals surface area contributed by atoms with E-state index in [-0.39, 0.29) is 32.0 Å². The molecule has 7 rings (SSSR count). The van der Waals surface area contributed by atoms with Gasteiger partial charge in [-0.15, -0.1) is 35.7 Å². The summed E-state index contributed by atoms with van der Waals surface area (Å²) in [7, 11) is 0. The minimum atomic E-state index is -2.51. The minimum absolute atomic E-state index is 0. The fraction of sp³-hybridized carbons (Fsp3) is 0.179. The maximum Gasteiger partial charge on any atom is 2.00 e. The van der Waals surface area contributed by atoms with Crippen molar-refractivity contribution in [2.75, 3.05) is 0 Å². The van der Waals surface area contributed by atoms with Crippen molar-refractivity contribution in [2.45, 2.75) is 46.5 Å². The molecule has 8 heteroatoms. The molecule has 0 aliphatic heterocycles. The van der Waals surface area contributed by atoms with Crippen molar-refractivity contribution in [2.24, 2.45) is 0 Å². The van der Waals surface area contributed by atoms with Crippen molar-refractivity contribution in [3.8, 4) is 34.1 Å². The summed E-state index contributed by atoms with van der Waals surface area (Å²) in [6.07, 6.45) is 2.97. The van der Waals surface area contributed by atoms with E-state index in [0.29, 0.717) is 17.2 Å². The van der Waals surface area contributed by atoms with Gasteiger partial charge in [-0.3, -0.25) is 4.68 Å². The molecule has 0 aliphatic rings. The molecule has 4 aromatic carbocycles. The van der Waals surface area contributed by atoms with E-state index in [9.17, 15) is 8.78 Å². The molecule has 3 heterocycles. The van der Waals surface area contributed by atoms with E-state index >= 15 is 0 Å². The maximum absolute atomic E-state index is 13.3. The Kier molecular flexibility index (Phi) is 8.62. The molecular weight excluding hydrogens is 774 g/mol. The molecule has 0 radical (unpaired) electrons. The first kappa shape index (κ1) is 32.3. The van der Waals surface area contributed by atoms with Crippen LogP contribution in [0, 0.1) is 26.0 Å². The minimum Gasteiger partial charge on any atom is -0.509 e. The van der Waals surface area contributed by atoms with Crippen LogP contribution in [-0.2, 0) is 26.5 Å². The van der Waals surface area contributed by atoms with Gasteiger partial charge in [-0.1, -0.05) is 44.5 Å². The van der Waals surface area contributed by atoms with Crippen LogP contribution in [-0.4, -0.2) is 19.3 Å². The first-order valence-electron chi connectivity index (χ1n) is 15.1. The van der Waals surface area contributed by atoms with Gasteiger partial charge in [0, 0.05) is 40.5 Å². The van der Waals surface area contributed by atoms with Gasteiger partial charge >= 0.3 is 21.1 Å². The quantitative estimate of drug-likeness (QED) is 0.157. The Balaban J connectivity index is 0.00000386. The Labute approximate surface area is 287 Å². The van der Waals surface area contributed by atoms with Crippen LogP contribution in [0.5, 0.6) is 11.5 Å². The summed E-state index contributed by atoms with van der Waals surface area (Å²) < 4.78 is 36.8. The number of benzene rings is 4. The van der Waals surface area contributed by atoms with Crippen LogP contribution in [0.15, 0.2) is 97.5 Å². The third-order valence-electron chi connectivity index (χ3n) is 8.30. The summed E-state index contributed by atoms with van der Waals surface area (Å²) in [5.41, 5.74) is 7.07. The molecule has 7 aromatic rings. The number of fused-ring (bicyclic) bond motifs is 3. The number of alkyl halides is 2. The Morgan fingerprint density at radius 2 is 1.57 bits per heavy atom. The first-order chi connectivity index (χ1) is 22.1. The predicted molar refractivity (Wildman–Crippen MR) is 178 cm³/mol. The van der Waals surface area contributed by atoms with Gasteiger partial charge in [0.15, 0.2) is 0 Å². The summed E-state index contributed by atoms with van der Waals surface area (Å²) in [6.45, 7) is 10.3. The van der Waals surface area contributed by atoms with Crippen LogP contribution < -0.4 is 4.74 Å². The van der Waals surface area contributed by atoms with Crippen molar-refractivity contribution in [1.29, 1.82) is 0 Å². The second kappa shape index (κ2) is 12.5. The van der Waals surface area contributed by atoms with Crippen LogP contribution in [0.25, 0.3) is 44.4 Å². The molecule has 238 valence electrons. The monoisotopic (exact) mass is 805 g/mol. The first-order valence-corrected chi connectivity index (χ1v) is 15.1. The summed E-state index contributed by atoms with van der Waals surface area (Å²) in [5, 5.41) is 6.72. The largest absolute Gasteiger partial charge is 2.00 e. The molecule has 0 N–H and O–H groups in total. The molecule has 3 aromatic heterocycles. The molecule has 0 spiro atoms. The third kappa shape index (κ3) is 6.13. The molecule has 0 aliphatic carbocycles. The Bertz CT molecular complexity index is 2220. The van der Waals surface area contributed by atoms with E-state index in [1.807, 2.05) is 62.6 Å². The van der Waals surface area contributed by atoms with Gasteiger partial charge in [-0.05, 0) is 82.9 Å². The van der Waals surface area contributed by atoms with E-state index in [0.717, 1.165) is 49.9 Å². The van der Waals surface area contributed by atoms with Crippen molar-refractivity contribution < 1.29 is 34.6 Å². The zero-order valence-corrected chi connectivity index (χ0v) is 28.9. The van der Waals surface area contributed by atoms with Gasteiger partial charge in [-0.2, -0.15) is 17.2 Å². The van der Waals surface area contributed by atoms with Crippen molar-refractivity contribution >= 4 is 21.8 Å². The number of aryl methyl sites for hydroxylation is 2. The number of hydrogen-bond acceptors (Lipinski definition) is 3. The standard InChI is InChI=1S/C39H32F2N4O.Pt/c1-24-17-26(38(40)41)18-25(2)37(24)27-22-43-44(23-27)29-9-8-10-30(20-29)46-31-13-14-33-32-11-6-7-12-34(32)45(35(33)21-31)36-19-28(15-16-42-36)39(3,4)5;/h6-19,22-23,38H,1-5H3;/q-2;+2. The zero-order valence-electron chi connectivity index (χ0n) is 26.6. The van der Waals surface area contributed by atoms with Crippen LogP contribution in [0.1, 0.15) is 49.5 Å². The van der Waals surface area contributed by atoms with Gasteiger partial charge in [0.2, 0.25) is 0 Å². The average Bonchev–Trinajstić information content (AvgIpc) is 3.63. The summed E-state index contributed by atoms with van der Waals surface area (Å²) in [6, 6.07) is 32.0. The van der Waals surface area contributed by atoms with Crippen molar-refractivity contribution in [3.63, 3.8) is 0 Å². The van der Waals surface area contributed by atoms with E-state index in [2.05, 4.69) is 72.9 Å². The smallest absolute Gasteiger partial charge is 0.509 e. The number of para-hydroxylation sites is 1. The molecule has 0 fully saturated rings. The van der Waals surface area contributed by atoms with Crippen LogP contribution in [0.3, 0.4) is 0 Å². The van der Waals surface area contributed by atoms with Gasteiger partial charge in [0.05, 0.1) is 6.20 Å². The molecule has 0 amide bonds. The molecule has 0 saturated heterocycles.